The Labute approximate surface area is 96.1 Å². The number of hydrogen-bond acceptors (Lipinski definition) is 4. The zero-order valence-corrected chi connectivity index (χ0v) is 9.52. The average molecular weight is 218 g/mol. The first-order valence-corrected chi connectivity index (χ1v) is 6.13. The van der Waals surface area contributed by atoms with Gasteiger partial charge in [0.25, 0.3) is 0 Å². The van der Waals surface area contributed by atoms with Gasteiger partial charge in [0.05, 0.1) is 18.1 Å². The van der Waals surface area contributed by atoms with Crippen LogP contribution in [0.1, 0.15) is 25.7 Å². The third-order valence-electron chi connectivity index (χ3n) is 3.85. The van der Waals surface area contributed by atoms with Crippen LogP contribution in [0, 0.1) is 0 Å². The molecule has 2 fully saturated rings. The monoisotopic (exact) mass is 218 g/mol. The van der Waals surface area contributed by atoms with Crippen molar-refractivity contribution >= 4 is 5.69 Å². The van der Waals surface area contributed by atoms with Gasteiger partial charge in [-0.1, -0.05) is 12.8 Å². The minimum atomic E-state index is 0.369. The Morgan fingerprint density at radius 2 is 1.94 bits per heavy atom. The van der Waals surface area contributed by atoms with Crippen LogP contribution in [0.5, 0.6) is 0 Å². The van der Waals surface area contributed by atoms with Gasteiger partial charge in [0.15, 0.2) is 0 Å². The number of hydrogen-bond donors (Lipinski definition) is 1. The van der Waals surface area contributed by atoms with Gasteiger partial charge in [-0.05, 0) is 12.8 Å². The predicted octanol–water partition coefficient (Wildman–Crippen LogP) is 1.20. The van der Waals surface area contributed by atoms with E-state index in [1.54, 1.807) is 6.33 Å². The standard InChI is InChI=1S/C12H18N4/c1-2-4-12(3-1)9-16(6-5-15-12)11-7-13-10-14-8-11/h7-8,10,15H,1-6,9H2. The molecule has 1 saturated carbocycles. The normalized spacial score (nSPS) is 23.9. The summed E-state index contributed by atoms with van der Waals surface area (Å²) in [7, 11) is 0. The van der Waals surface area contributed by atoms with Gasteiger partial charge in [-0.25, -0.2) is 9.97 Å². The molecular formula is C12H18N4. The minimum Gasteiger partial charge on any atom is -0.366 e. The highest BCUT2D eigenvalue weighted by Crippen LogP contribution is 2.33. The molecular weight excluding hydrogens is 200 g/mol. The molecule has 1 aliphatic carbocycles. The zero-order valence-electron chi connectivity index (χ0n) is 9.52. The lowest BCUT2D eigenvalue weighted by atomic mass is 9.94. The quantitative estimate of drug-likeness (QED) is 0.769. The second-order valence-corrected chi connectivity index (χ2v) is 4.93. The smallest absolute Gasteiger partial charge is 0.115 e. The number of piperazine rings is 1. The highest BCUT2D eigenvalue weighted by Gasteiger charge is 2.37. The maximum atomic E-state index is 4.10. The first kappa shape index (κ1) is 10.0. The molecule has 1 aliphatic heterocycles. The maximum Gasteiger partial charge on any atom is 0.115 e. The Bertz CT molecular complexity index is 345. The third-order valence-corrected chi connectivity index (χ3v) is 3.85. The molecule has 1 spiro atoms. The van der Waals surface area contributed by atoms with Crippen LogP contribution in [0.2, 0.25) is 0 Å². The van der Waals surface area contributed by atoms with E-state index in [0.717, 1.165) is 25.3 Å². The van der Waals surface area contributed by atoms with Crippen molar-refractivity contribution in [3.05, 3.63) is 18.7 Å². The molecule has 3 rings (SSSR count). The van der Waals surface area contributed by atoms with Crippen LogP contribution >= 0.6 is 0 Å². The van der Waals surface area contributed by atoms with E-state index in [4.69, 9.17) is 0 Å². The van der Waals surface area contributed by atoms with Crippen LogP contribution in [-0.4, -0.2) is 35.1 Å². The SMILES string of the molecule is c1ncc(N2CCNC3(CCCC3)C2)cn1. The zero-order chi connectivity index (χ0) is 10.8. The molecule has 1 aromatic rings. The molecule has 2 heterocycles. The lowest BCUT2D eigenvalue weighted by Crippen LogP contribution is -2.59. The van der Waals surface area contributed by atoms with E-state index in [9.17, 15) is 0 Å². The summed E-state index contributed by atoms with van der Waals surface area (Å²) in [5.74, 6) is 0. The molecule has 0 unspecified atom stereocenters. The van der Waals surface area contributed by atoms with Crippen LogP contribution in [0.3, 0.4) is 0 Å². The second-order valence-electron chi connectivity index (χ2n) is 4.93. The van der Waals surface area contributed by atoms with Gasteiger partial charge in [-0.3, -0.25) is 0 Å². The van der Waals surface area contributed by atoms with Gasteiger partial charge in [0, 0.05) is 25.2 Å². The molecule has 0 radical (unpaired) electrons. The van der Waals surface area contributed by atoms with Crippen molar-refractivity contribution in [2.24, 2.45) is 0 Å². The number of aromatic nitrogens is 2. The van der Waals surface area contributed by atoms with E-state index in [2.05, 4.69) is 20.2 Å². The number of nitrogens with one attached hydrogen (secondary N) is 1. The van der Waals surface area contributed by atoms with E-state index in [1.807, 2.05) is 12.4 Å². The highest BCUT2D eigenvalue weighted by atomic mass is 15.2. The van der Waals surface area contributed by atoms with Gasteiger partial charge >= 0.3 is 0 Å². The van der Waals surface area contributed by atoms with Crippen molar-refractivity contribution < 1.29 is 0 Å². The van der Waals surface area contributed by atoms with Gasteiger partial charge in [-0.15, -0.1) is 0 Å². The summed E-state index contributed by atoms with van der Waals surface area (Å²) >= 11 is 0. The van der Waals surface area contributed by atoms with Crippen molar-refractivity contribution in [3.8, 4) is 0 Å². The fraction of sp³-hybridized carbons (Fsp3) is 0.667. The van der Waals surface area contributed by atoms with Crippen LogP contribution < -0.4 is 10.2 Å². The van der Waals surface area contributed by atoms with Crippen LogP contribution in [-0.2, 0) is 0 Å². The van der Waals surface area contributed by atoms with Crippen molar-refractivity contribution in [2.75, 3.05) is 24.5 Å². The van der Waals surface area contributed by atoms with Crippen molar-refractivity contribution in [2.45, 2.75) is 31.2 Å². The lowest BCUT2D eigenvalue weighted by molar-refractivity contribution is 0.303. The fourth-order valence-corrected chi connectivity index (χ4v) is 3.02. The van der Waals surface area contributed by atoms with Gasteiger partial charge in [0.1, 0.15) is 6.33 Å². The van der Waals surface area contributed by atoms with Crippen LogP contribution in [0.25, 0.3) is 0 Å². The molecule has 0 atom stereocenters. The van der Waals surface area contributed by atoms with Gasteiger partial charge < -0.3 is 10.2 Å². The van der Waals surface area contributed by atoms with E-state index >= 15 is 0 Å². The average Bonchev–Trinajstić information content (AvgIpc) is 2.78. The number of nitrogens with zero attached hydrogens (tertiary/aromatic N) is 3. The third kappa shape index (κ3) is 1.78. The Balaban J connectivity index is 1.77. The first-order chi connectivity index (χ1) is 7.88. The molecule has 0 amide bonds. The largest absolute Gasteiger partial charge is 0.366 e. The van der Waals surface area contributed by atoms with Crippen LogP contribution in [0.15, 0.2) is 18.7 Å². The molecule has 16 heavy (non-hydrogen) atoms. The summed E-state index contributed by atoms with van der Waals surface area (Å²) in [5, 5.41) is 3.71. The Kier molecular flexibility index (Phi) is 2.52. The highest BCUT2D eigenvalue weighted by molar-refractivity contribution is 5.43. The molecule has 0 aromatic carbocycles. The van der Waals surface area contributed by atoms with E-state index in [1.165, 1.54) is 25.7 Å². The first-order valence-electron chi connectivity index (χ1n) is 6.13. The molecule has 86 valence electrons. The topological polar surface area (TPSA) is 41.1 Å². The molecule has 4 nitrogen and oxygen atoms in total. The summed E-state index contributed by atoms with van der Waals surface area (Å²) in [6.07, 6.45) is 10.8. The van der Waals surface area contributed by atoms with Crippen molar-refractivity contribution in [3.63, 3.8) is 0 Å². The Morgan fingerprint density at radius 3 is 2.69 bits per heavy atom. The predicted molar refractivity (Wildman–Crippen MR) is 63.4 cm³/mol. The Morgan fingerprint density at radius 1 is 1.19 bits per heavy atom. The van der Waals surface area contributed by atoms with Crippen LogP contribution in [0.4, 0.5) is 5.69 Å². The van der Waals surface area contributed by atoms with Crippen molar-refractivity contribution in [1.82, 2.24) is 15.3 Å². The number of rotatable bonds is 1. The lowest BCUT2D eigenvalue weighted by Gasteiger charge is -2.42. The summed E-state index contributed by atoms with van der Waals surface area (Å²) < 4.78 is 0. The molecule has 1 N–H and O–H groups in total. The van der Waals surface area contributed by atoms with Gasteiger partial charge in [0.2, 0.25) is 0 Å². The van der Waals surface area contributed by atoms with E-state index in [0.29, 0.717) is 5.54 Å². The molecule has 4 heteroatoms. The second kappa shape index (κ2) is 4.01. The molecule has 1 saturated heterocycles. The fourth-order valence-electron chi connectivity index (χ4n) is 3.02. The Hall–Kier alpha value is -1.16. The summed E-state index contributed by atoms with van der Waals surface area (Å²) in [5.41, 5.74) is 1.53. The summed E-state index contributed by atoms with van der Waals surface area (Å²) in [6.45, 7) is 3.25. The van der Waals surface area contributed by atoms with E-state index in [-0.39, 0.29) is 0 Å². The van der Waals surface area contributed by atoms with Gasteiger partial charge in [-0.2, -0.15) is 0 Å². The maximum absolute atomic E-state index is 4.10. The summed E-state index contributed by atoms with van der Waals surface area (Å²) in [6, 6.07) is 0. The molecule has 2 aliphatic rings. The summed E-state index contributed by atoms with van der Waals surface area (Å²) in [4.78, 5) is 10.6. The van der Waals surface area contributed by atoms with Crippen molar-refractivity contribution in [1.29, 1.82) is 0 Å². The number of anilines is 1. The minimum absolute atomic E-state index is 0.369. The molecule has 0 bridgehead atoms. The van der Waals surface area contributed by atoms with E-state index < -0.39 is 0 Å². The molecule has 1 aromatic heterocycles.